The molecule has 1 unspecified atom stereocenters. The number of likely N-dealkylation sites (N-methyl/N-ethyl adjacent to an activating group) is 1. The summed E-state index contributed by atoms with van der Waals surface area (Å²) >= 11 is 2.01. The van der Waals surface area contributed by atoms with Crippen LogP contribution in [-0.4, -0.2) is 64.9 Å². The molecule has 2 aromatic rings. The summed E-state index contributed by atoms with van der Waals surface area (Å²) in [6, 6.07) is 7.59. The van der Waals surface area contributed by atoms with Gasteiger partial charge in [-0.2, -0.15) is 0 Å². The third-order valence-corrected chi connectivity index (χ3v) is 8.42. The molecule has 1 fully saturated rings. The fourth-order valence-corrected chi connectivity index (χ4v) is 6.57. The number of rotatable bonds is 6. The number of hydrogen-bond acceptors (Lipinski definition) is 3. The van der Waals surface area contributed by atoms with E-state index in [4.69, 9.17) is 0 Å². The standard InChI is InChI=1S/C24H36N4OS/c1-6-12-30-23-19-14-21-18(17-10-9-11-20(22(17)19)27(23)5)13-16(15-26(21)4)25-24(29)28(7-2)8-3/h9-11,16,18,21H,6-8,12-15H2,1-5H3,(H,25,29)/t16-,18?,21+/m0/s1. The number of amides is 2. The number of carbonyl (C=O) groups excluding carboxylic acids is 1. The van der Waals surface area contributed by atoms with Crippen molar-refractivity contribution < 1.29 is 4.79 Å². The molecule has 3 atom stereocenters. The smallest absolute Gasteiger partial charge is 0.317 e. The van der Waals surface area contributed by atoms with Gasteiger partial charge in [0, 0.05) is 55.6 Å². The summed E-state index contributed by atoms with van der Waals surface area (Å²) in [4.78, 5) is 17.0. The van der Waals surface area contributed by atoms with Crippen molar-refractivity contribution in [2.45, 2.75) is 63.1 Å². The molecule has 0 spiro atoms. The molecule has 2 amide bonds. The predicted molar refractivity (Wildman–Crippen MR) is 127 cm³/mol. The quantitative estimate of drug-likeness (QED) is 0.692. The van der Waals surface area contributed by atoms with Crippen LogP contribution in [0.2, 0.25) is 0 Å². The Morgan fingerprint density at radius 1 is 1.23 bits per heavy atom. The van der Waals surface area contributed by atoms with E-state index in [1.807, 2.05) is 30.5 Å². The molecule has 4 rings (SSSR count). The minimum absolute atomic E-state index is 0.0736. The lowest BCUT2D eigenvalue weighted by molar-refractivity contribution is 0.123. The van der Waals surface area contributed by atoms with Gasteiger partial charge < -0.3 is 19.7 Å². The number of fused-ring (bicyclic) bond motifs is 2. The highest BCUT2D eigenvalue weighted by Gasteiger charge is 2.41. The normalized spacial score (nSPS) is 23.4. The van der Waals surface area contributed by atoms with Crippen molar-refractivity contribution in [2.75, 3.05) is 32.4 Å². The van der Waals surface area contributed by atoms with Gasteiger partial charge in [-0.3, -0.25) is 0 Å². The van der Waals surface area contributed by atoms with Gasteiger partial charge in [0.15, 0.2) is 0 Å². The molecule has 1 aliphatic carbocycles. The first kappa shape index (κ1) is 21.6. The lowest BCUT2D eigenvalue weighted by Gasteiger charge is -2.46. The van der Waals surface area contributed by atoms with Gasteiger partial charge in [0.2, 0.25) is 0 Å². The van der Waals surface area contributed by atoms with Crippen molar-refractivity contribution in [3.63, 3.8) is 0 Å². The summed E-state index contributed by atoms with van der Waals surface area (Å²) < 4.78 is 2.41. The van der Waals surface area contributed by atoms with Crippen LogP contribution in [0.4, 0.5) is 4.79 Å². The number of aryl methyl sites for hydroxylation is 1. The van der Waals surface area contributed by atoms with Gasteiger partial charge in [0.05, 0.1) is 5.03 Å². The zero-order valence-electron chi connectivity index (χ0n) is 19.1. The Bertz CT molecular complexity index is 920. The molecule has 30 heavy (non-hydrogen) atoms. The maximum absolute atomic E-state index is 12.7. The molecule has 5 nitrogen and oxygen atoms in total. The second-order valence-electron chi connectivity index (χ2n) is 8.80. The highest BCUT2D eigenvalue weighted by atomic mass is 32.2. The fraction of sp³-hybridized carbons (Fsp3) is 0.625. The van der Waals surface area contributed by atoms with Crippen LogP contribution in [-0.2, 0) is 13.5 Å². The number of nitrogens with one attached hydrogen (secondary N) is 1. The second kappa shape index (κ2) is 8.83. The number of benzene rings is 1. The summed E-state index contributed by atoms with van der Waals surface area (Å²) in [6.07, 6.45) is 3.32. The maximum atomic E-state index is 12.7. The van der Waals surface area contributed by atoms with E-state index < -0.39 is 0 Å². The summed E-state index contributed by atoms with van der Waals surface area (Å²) in [6.45, 7) is 8.76. The maximum Gasteiger partial charge on any atom is 0.317 e. The Hall–Kier alpha value is -1.66. The molecular weight excluding hydrogens is 392 g/mol. The topological polar surface area (TPSA) is 40.5 Å². The van der Waals surface area contributed by atoms with Gasteiger partial charge in [-0.05, 0) is 63.1 Å². The minimum Gasteiger partial charge on any atom is -0.339 e. The fourth-order valence-electron chi connectivity index (χ4n) is 5.52. The van der Waals surface area contributed by atoms with Crippen molar-refractivity contribution >= 4 is 28.7 Å². The van der Waals surface area contributed by atoms with E-state index in [1.54, 1.807) is 5.56 Å². The minimum atomic E-state index is 0.0736. The van der Waals surface area contributed by atoms with Crippen LogP contribution in [0.1, 0.15) is 50.7 Å². The largest absolute Gasteiger partial charge is 0.339 e. The Labute approximate surface area is 185 Å². The molecule has 164 valence electrons. The average molecular weight is 429 g/mol. The van der Waals surface area contributed by atoms with Gasteiger partial charge in [-0.25, -0.2) is 4.79 Å². The van der Waals surface area contributed by atoms with Crippen LogP contribution < -0.4 is 5.32 Å². The molecule has 1 N–H and O–H groups in total. The Morgan fingerprint density at radius 3 is 2.70 bits per heavy atom. The number of nitrogens with zero attached hydrogens (tertiary/aromatic N) is 3. The van der Waals surface area contributed by atoms with Crippen molar-refractivity contribution in [2.24, 2.45) is 7.05 Å². The summed E-state index contributed by atoms with van der Waals surface area (Å²) in [5.41, 5.74) is 4.38. The average Bonchev–Trinajstić information content (AvgIpc) is 3.01. The van der Waals surface area contributed by atoms with E-state index in [1.165, 1.54) is 27.9 Å². The zero-order chi connectivity index (χ0) is 21.4. The molecular formula is C24H36N4OS. The molecule has 2 aliphatic rings. The Morgan fingerprint density at radius 2 is 2.00 bits per heavy atom. The van der Waals surface area contributed by atoms with Crippen molar-refractivity contribution in [1.82, 2.24) is 19.7 Å². The highest BCUT2D eigenvalue weighted by molar-refractivity contribution is 7.99. The second-order valence-corrected chi connectivity index (χ2v) is 9.89. The number of carbonyl (C=O) groups is 1. The molecule has 1 aromatic heterocycles. The third kappa shape index (κ3) is 3.62. The predicted octanol–water partition coefficient (Wildman–Crippen LogP) is 4.44. The summed E-state index contributed by atoms with van der Waals surface area (Å²) in [5, 5.41) is 6.24. The van der Waals surface area contributed by atoms with Crippen molar-refractivity contribution in [3.8, 4) is 0 Å². The number of thioether (sulfide) groups is 1. The van der Waals surface area contributed by atoms with Crippen LogP contribution in [0.25, 0.3) is 10.9 Å². The molecule has 6 heteroatoms. The first-order valence-corrected chi connectivity index (χ1v) is 12.5. The number of hydrogen-bond donors (Lipinski definition) is 1. The Kier molecular flexibility index (Phi) is 6.35. The van der Waals surface area contributed by atoms with Crippen LogP contribution >= 0.6 is 11.8 Å². The number of aromatic nitrogens is 1. The number of piperidine rings is 1. The van der Waals surface area contributed by atoms with E-state index in [2.05, 4.69) is 54.0 Å². The molecule has 0 radical (unpaired) electrons. The van der Waals surface area contributed by atoms with E-state index in [9.17, 15) is 4.79 Å². The van der Waals surface area contributed by atoms with Crippen LogP contribution in [0.3, 0.4) is 0 Å². The van der Waals surface area contributed by atoms with Gasteiger partial charge >= 0.3 is 6.03 Å². The molecule has 0 saturated carbocycles. The summed E-state index contributed by atoms with van der Waals surface area (Å²) in [7, 11) is 4.46. The molecule has 1 aromatic carbocycles. The van der Waals surface area contributed by atoms with Crippen molar-refractivity contribution in [3.05, 3.63) is 29.3 Å². The van der Waals surface area contributed by atoms with Gasteiger partial charge in [0.1, 0.15) is 0 Å². The summed E-state index contributed by atoms with van der Waals surface area (Å²) in [5.74, 6) is 1.63. The van der Waals surface area contributed by atoms with E-state index in [0.29, 0.717) is 12.0 Å². The first-order valence-electron chi connectivity index (χ1n) is 11.5. The molecule has 0 bridgehead atoms. The number of likely N-dealkylation sites (tertiary alicyclic amines) is 1. The van der Waals surface area contributed by atoms with Gasteiger partial charge in [0.25, 0.3) is 0 Å². The van der Waals surface area contributed by atoms with Crippen LogP contribution in [0.15, 0.2) is 23.2 Å². The van der Waals surface area contributed by atoms with E-state index in [0.717, 1.165) is 38.2 Å². The zero-order valence-corrected chi connectivity index (χ0v) is 19.9. The van der Waals surface area contributed by atoms with Crippen molar-refractivity contribution in [1.29, 1.82) is 0 Å². The lowest BCUT2D eigenvalue weighted by atomic mass is 9.74. The number of urea groups is 1. The van der Waals surface area contributed by atoms with Gasteiger partial charge in [-0.15, -0.1) is 11.8 Å². The molecule has 2 heterocycles. The van der Waals surface area contributed by atoms with Crippen LogP contribution in [0, 0.1) is 0 Å². The van der Waals surface area contributed by atoms with E-state index in [-0.39, 0.29) is 12.1 Å². The molecule has 1 aliphatic heterocycles. The van der Waals surface area contributed by atoms with E-state index >= 15 is 0 Å². The third-order valence-electron chi connectivity index (χ3n) is 7.01. The lowest BCUT2D eigenvalue weighted by Crippen LogP contribution is -2.56. The SMILES string of the molecule is CCCSc1c2c3c(cccc3n1C)C1C[C@H](NC(=O)N(CC)CC)CN(C)[C@@H]1C2. The highest BCUT2D eigenvalue weighted by Crippen LogP contribution is 2.46. The Balaban J connectivity index is 1.67. The van der Waals surface area contributed by atoms with Gasteiger partial charge in [-0.1, -0.05) is 19.1 Å². The molecule has 1 saturated heterocycles. The van der Waals surface area contributed by atoms with Crippen LogP contribution in [0.5, 0.6) is 0 Å². The first-order chi connectivity index (χ1) is 14.5. The monoisotopic (exact) mass is 428 g/mol.